The van der Waals surface area contributed by atoms with Gasteiger partial charge in [0.05, 0.1) is 14.2 Å². The fraction of sp³-hybridized carbons (Fsp3) is 0.600. The fourth-order valence-corrected chi connectivity index (χ4v) is 2.08. The predicted molar refractivity (Wildman–Crippen MR) is 86.0 cm³/mol. The Labute approximate surface area is 128 Å². The molecule has 0 spiro atoms. The molecule has 0 aromatic heterocycles. The van der Waals surface area contributed by atoms with Crippen molar-refractivity contribution in [2.45, 2.75) is 32.9 Å². The quantitative estimate of drug-likeness (QED) is 0.841. The van der Waals surface area contributed by atoms with Gasteiger partial charge in [-0.1, -0.05) is 13.0 Å². The first-order chi connectivity index (χ1) is 8.89. The zero-order valence-electron chi connectivity index (χ0n) is 13.1. The first kappa shape index (κ1) is 19.0. The summed E-state index contributed by atoms with van der Waals surface area (Å²) in [6.07, 6.45) is 0. The van der Waals surface area contributed by atoms with Gasteiger partial charge >= 0.3 is 0 Å². The highest BCUT2D eigenvalue weighted by Gasteiger charge is 2.17. The molecule has 0 radical (unpaired) electrons. The van der Waals surface area contributed by atoms with Crippen molar-refractivity contribution in [3.63, 3.8) is 0 Å². The van der Waals surface area contributed by atoms with Gasteiger partial charge in [-0.05, 0) is 26.5 Å². The summed E-state index contributed by atoms with van der Waals surface area (Å²) in [7, 11) is 3.34. The molecule has 0 atom stereocenters. The van der Waals surface area contributed by atoms with E-state index in [1.54, 1.807) is 14.2 Å². The average molecular weight is 303 g/mol. The molecule has 1 rings (SSSR count). The van der Waals surface area contributed by atoms with E-state index < -0.39 is 0 Å². The van der Waals surface area contributed by atoms with E-state index in [0.29, 0.717) is 0 Å². The van der Waals surface area contributed by atoms with Crippen LogP contribution in [0.3, 0.4) is 0 Å². The van der Waals surface area contributed by atoms with E-state index in [1.165, 1.54) is 0 Å². The highest BCUT2D eigenvalue weighted by Crippen LogP contribution is 2.25. The van der Waals surface area contributed by atoms with E-state index in [0.717, 1.165) is 36.7 Å². The Morgan fingerprint density at radius 1 is 1.20 bits per heavy atom. The van der Waals surface area contributed by atoms with Crippen molar-refractivity contribution < 1.29 is 9.47 Å². The Morgan fingerprint density at radius 3 is 2.30 bits per heavy atom. The Kier molecular flexibility index (Phi) is 7.94. The Bertz CT molecular complexity index is 405. The topological polar surface area (TPSA) is 47.7 Å². The van der Waals surface area contributed by atoms with Crippen molar-refractivity contribution in [1.29, 1.82) is 0 Å². The minimum Gasteiger partial charge on any atom is -0.497 e. The number of benzene rings is 1. The lowest BCUT2D eigenvalue weighted by Crippen LogP contribution is -2.45. The van der Waals surface area contributed by atoms with Crippen LogP contribution in [0.2, 0.25) is 0 Å². The van der Waals surface area contributed by atoms with E-state index in [9.17, 15) is 0 Å². The molecular formula is C15H27ClN2O2. The molecule has 0 unspecified atom stereocenters. The van der Waals surface area contributed by atoms with Gasteiger partial charge in [-0.2, -0.15) is 0 Å². The van der Waals surface area contributed by atoms with Crippen molar-refractivity contribution in [2.24, 2.45) is 5.73 Å². The third-order valence-corrected chi connectivity index (χ3v) is 2.97. The monoisotopic (exact) mass is 302 g/mol. The van der Waals surface area contributed by atoms with E-state index in [2.05, 4.69) is 11.8 Å². The van der Waals surface area contributed by atoms with Crippen LogP contribution < -0.4 is 15.2 Å². The maximum Gasteiger partial charge on any atom is 0.127 e. The third-order valence-electron chi connectivity index (χ3n) is 2.97. The molecule has 5 heteroatoms. The first-order valence-electron chi connectivity index (χ1n) is 6.61. The van der Waals surface area contributed by atoms with Crippen LogP contribution in [0.25, 0.3) is 0 Å². The molecule has 0 aliphatic rings. The van der Waals surface area contributed by atoms with Crippen molar-refractivity contribution in [3.8, 4) is 11.5 Å². The van der Waals surface area contributed by atoms with Crippen LogP contribution in [0.4, 0.5) is 0 Å². The summed E-state index contributed by atoms with van der Waals surface area (Å²) in [4.78, 5) is 2.31. The molecule has 2 N–H and O–H groups in total. The van der Waals surface area contributed by atoms with Crippen molar-refractivity contribution >= 4 is 12.4 Å². The third kappa shape index (κ3) is 5.99. The number of likely N-dealkylation sites (N-methyl/N-ethyl adjacent to an activating group) is 1. The van der Waals surface area contributed by atoms with Crippen LogP contribution >= 0.6 is 12.4 Å². The van der Waals surface area contributed by atoms with Crippen LogP contribution in [0.5, 0.6) is 11.5 Å². The van der Waals surface area contributed by atoms with Gasteiger partial charge in [0, 0.05) is 30.3 Å². The summed E-state index contributed by atoms with van der Waals surface area (Å²) < 4.78 is 10.6. The average Bonchev–Trinajstić information content (AvgIpc) is 2.36. The van der Waals surface area contributed by atoms with Crippen molar-refractivity contribution in [1.82, 2.24) is 4.90 Å². The molecule has 0 aliphatic heterocycles. The van der Waals surface area contributed by atoms with Gasteiger partial charge in [0.15, 0.2) is 0 Å². The van der Waals surface area contributed by atoms with E-state index >= 15 is 0 Å². The molecule has 1 aromatic carbocycles. The van der Waals surface area contributed by atoms with Gasteiger partial charge in [-0.25, -0.2) is 0 Å². The number of nitrogens with two attached hydrogens (primary N) is 1. The predicted octanol–water partition coefficient (Wildman–Crippen LogP) is 2.68. The number of ether oxygens (including phenoxy) is 2. The van der Waals surface area contributed by atoms with Gasteiger partial charge in [-0.15, -0.1) is 12.4 Å². The largest absolute Gasteiger partial charge is 0.497 e. The lowest BCUT2D eigenvalue weighted by atomic mass is 10.1. The standard InChI is InChI=1S/C15H26N2O2.ClH/c1-6-17(11-15(2,3)16)10-12-7-8-13(18-4)9-14(12)19-5;/h7-9H,6,10-11,16H2,1-5H3;1H. The van der Waals surface area contributed by atoms with Crippen LogP contribution in [0, 0.1) is 0 Å². The molecule has 0 amide bonds. The Morgan fingerprint density at radius 2 is 1.85 bits per heavy atom. The second-order valence-electron chi connectivity index (χ2n) is 5.47. The second kappa shape index (κ2) is 8.35. The molecular weight excluding hydrogens is 276 g/mol. The van der Waals surface area contributed by atoms with Crippen molar-refractivity contribution in [3.05, 3.63) is 23.8 Å². The van der Waals surface area contributed by atoms with E-state index in [-0.39, 0.29) is 17.9 Å². The summed E-state index contributed by atoms with van der Waals surface area (Å²) in [5.41, 5.74) is 7.04. The van der Waals surface area contributed by atoms with Gasteiger partial charge in [0.25, 0.3) is 0 Å². The molecule has 4 nitrogen and oxygen atoms in total. The molecule has 1 aromatic rings. The van der Waals surface area contributed by atoms with Gasteiger partial charge in [0.2, 0.25) is 0 Å². The van der Waals surface area contributed by atoms with Crippen molar-refractivity contribution in [2.75, 3.05) is 27.3 Å². The Balaban J connectivity index is 0.00000361. The zero-order chi connectivity index (χ0) is 14.5. The molecule has 0 fully saturated rings. The highest BCUT2D eigenvalue weighted by molar-refractivity contribution is 5.85. The first-order valence-corrected chi connectivity index (χ1v) is 6.61. The zero-order valence-corrected chi connectivity index (χ0v) is 13.9. The molecule has 0 heterocycles. The summed E-state index contributed by atoms with van der Waals surface area (Å²) in [5, 5.41) is 0. The Hall–Kier alpha value is -0.970. The number of methoxy groups -OCH3 is 2. The van der Waals surface area contributed by atoms with E-state index in [4.69, 9.17) is 15.2 Å². The van der Waals surface area contributed by atoms with Gasteiger partial charge < -0.3 is 15.2 Å². The molecule has 0 saturated carbocycles. The van der Waals surface area contributed by atoms with Gasteiger partial charge in [0.1, 0.15) is 11.5 Å². The maximum absolute atomic E-state index is 6.09. The lowest BCUT2D eigenvalue weighted by molar-refractivity contribution is 0.225. The van der Waals surface area contributed by atoms with Crippen LogP contribution in [0.15, 0.2) is 18.2 Å². The number of nitrogens with zero attached hydrogens (tertiary/aromatic N) is 1. The van der Waals surface area contributed by atoms with Crippen LogP contribution in [0.1, 0.15) is 26.3 Å². The number of hydrogen-bond acceptors (Lipinski definition) is 4. The lowest BCUT2D eigenvalue weighted by Gasteiger charge is -2.29. The number of rotatable bonds is 7. The SMILES string of the molecule is CCN(Cc1ccc(OC)cc1OC)CC(C)(C)N.Cl. The minimum absolute atomic E-state index is 0. The maximum atomic E-state index is 6.09. The molecule has 0 bridgehead atoms. The summed E-state index contributed by atoms with van der Waals surface area (Å²) >= 11 is 0. The van der Waals surface area contributed by atoms with Crippen LogP contribution in [-0.2, 0) is 6.54 Å². The molecule has 0 aliphatic carbocycles. The molecule has 116 valence electrons. The summed E-state index contributed by atoms with van der Waals surface area (Å²) in [6, 6.07) is 5.92. The smallest absolute Gasteiger partial charge is 0.127 e. The second-order valence-corrected chi connectivity index (χ2v) is 5.47. The molecule has 0 saturated heterocycles. The van der Waals surface area contributed by atoms with E-state index in [1.807, 2.05) is 32.0 Å². The fourth-order valence-electron chi connectivity index (χ4n) is 2.08. The normalized spacial score (nSPS) is 11.2. The molecule has 20 heavy (non-hydrogen) atoms. The number of halogens is 1. The van der Waals surface area contributed by atoms with Crippen LogP contribution in [-0.4, -0.2) is 37.7 Å². The summed E-state index contributed by atoms with van der Waals surface area (Å²) in [5.74, 6) is 1.66. The number of hydrogen-bond donors (Lipinski definition) is 1. The summed E-state index contributed by atoms with van der Waals surface area (Å²) in [6.45, 7) is 8.85. The van der Waals surface area contributed by atoms with Gasteiger partial charge in [-0.3, -0.25) is 4.90 Å². The minimum atomic E-state index is -0.199. The highest BCUT2D eigenvalue weighted by atomic mass is 35.5.